The van der Waals surface area contributed by atoms with Crippen LogP contribution in [0, 0.1) is 12.7 Å². The summed E-state index contributed by atoms with van der Waals surface area (Å²) in [4.78, 5) is 15.8. The summed E-state index contributed by atoms with van der Waals surface area (Å²) in [5.41, 5.74) is 3.56. The van der Waals surface area contributed by atoms with Crippen LogP contribution >= 0.6 is 0 Å². The summed E-state index contributed by atoms with van der Waals surface area (Å²) >= 11 is 0. The number of piperidine rings is 1. The van der Waals surface area contributed by atoms with Crippen molar-refractivity contribution in [3.8, 4) is 11.5 Å². The van der Waals surface area contributed by atoms with Crippen molar-refractivity contribution in [2.24, 2.45) is 7.05 Å². The van der Waals surface area contributed by atoms with Gasteiger partial charge in [-0.15, -0.1) is 5.10 Å². The molecule has 0 radical (unpaired) electrons. The molecule has 0 unspecified atom stereocenters. The number of fused-ring (bicyclic) bond motifs is 2. The number of hydrogen-bond donors (Lipinski definition) is 1. The third-order valence-corrected chi connectivity index (χ3v) is 6.55. The van der Waals surface area contributed by atoms with E-state index in [4.69, 9.17) is 9.72 Å². The highest BCUT2D eigenvalue weighted by Crippen LogP contribution is 2.33. The molecular formula is C26H25FN8O. The number of anilines is 3. The highest BCUT2D eigenvalue weighted by Gasteiger charge is 2.17. The topological polar surface area (TPSA) is 93.9 Å². The van der Waals surface area contributed by atoms with Gasteiger partial charge < -0.3 is 15.0 Å². The van der Waals surface area contributed by atoms with Crippen LogP contribution in [0.2, 0.25) is 0 Å². The molecule has 1 aliphatic rings. The van der Waals surface area contributed by atoms with Gasteiger partial charge in [-0.05, 0) is 62.6 Å². The molecule has 1 fully saturated rings. The van der Waals surface area contributed by atoms with Crippen molar-refractivity contribution in [3.05, 3.63) is 60.2 Å². The molecule has 0 saturated carbocycles. The number of rotatable bonds is 5. The molecule has 9 nitrogen and oxygen atoms in total. The molecule has 10 heteroatoms. The van der Waals surface area contributed by atoms with Gasteiger partial charge >= 0.3 is 0 Å². The molecule has 0 amide bonds. The van der Waals surface area contributed by atoms with Crippen LogP contribution in [-0.2, 0) is 7.05 Å². The van der Waals surface area contributed by atoms with Gasteiger partial charge in [0.15, 0.2) is 11.6 Å². The number of benzene rings is 2. The van der Waals surface area contributed by atoms with Crippen LogP contribution in [0.4, 0.5) is 21.7 Å². The summed E-state index contributed by atoms with van der Waals surface area (Å²) in [6.07, 6.45) is 5.01. The number of ether oxygens (including phenoxy) is 1. The summed E-state index contributed by atoms with van der Waals surface area (Å²) in [5.74, 6) is 1.90. The Labute approximate surface area is 207 Å². The van der Waals surface area contributed by atoms with Gasteiger partial charge in [0.05, 0.1) is 16.7 Å². The second kappa shape index (κ2) is 9.03. The number of pyridine rings is 1. The maximum atomic E-state index is 15.4. The van der Waals surface area contributed by atoms with Gasteiger partial charge in [0.2, 0.25) is 0 Å². The van der Waals surface area contributed by atoms with E-state index in [9.17, 15) is 0 Å². The number of halogens is 1. The van der Waals surface area contributed by atoms with E-state index in [2.05, 4.69) is 30.5 Å². The number of aromatic nitrogens is 6. The maximum absolute atomic E-state index is 15.4. The van der Waals surface area contributed by atoms with E-state index in [1.807, 2.05) is 31.3 Å². The molecular weight excluding hydrogens is 459 g/mol. The second-order valence-corrected chi connectivity index (χ2v) is 8.95. The van der Waals surface area contributed by atoms with Crippen molar-refractivity contribution in [3.63, 3.8) is 0 Å². The Morgan fingerprint density at radius 1 is 0.972 bits per heavy atom. The fourth-order valence-electron chi connectivity index (χ4n) is 4.53. The van der Waals surface area contributed by atoms with Gasteiger partial charge in [0.1, 0.15) is 34.7 Å². The first-order chi connectivity index (χ1) is 17.6. The lowest BCUT2D eigenvalue weighted by Gasteiger charge is -2.27. The van der Waals surface area contributed by atoms with Crippen LogP contribution in [-0.4, -0.2) is 43.0 Å². The van der Waals surface area contributed by atoms with E-state index in [0.29, 0.717) is 39.4 Å². The van der Waals surface area contributed by atoms with Crippen molar-refractivity contribution in [2.45, 2.75) is 26.2 Å². The lowest BCUT2D eigenvalue weighted by atomic mass is 10.1. The summed E-state index contributed by atoms with van der Waals surface area (Å²) < 4.78 is 23.1. The minimum Gasteiger partial charge on any atom is -0.457 e. The lowest BCUT2D eigenvalue weighted by molar-refractivity contribution is 0.472. The summed E-state index contributed by atoms with van der Waals surface area (Å²) in [6.45, 7) is 3.64. The van der Waals surface area contributed by atoms with E-state index in [0.717, 1.165) is 37.3 Å². The average Bonchev–Trinajstić information content (AvgIpc) is 3.28. The zero-order chi connectivity index (χ0) is 24.6. The van der Waals surface area contributed by atoms with Crippen LogP contribution in [0.25, 0.3) is 22.1 Å². The maximum Gasteiger partial charge on any atom is 0.160 e. The molecule has 5 aromatic rings. The number of aryl methyl sites for hydroxylation is 1. The normalized spacial score (nSPS) is 13.9. The Morgan fingerprint density at radius 3 is 2.69 bits per heavy atom. The Hall–Kier alpha value is -4.34. The monoisotopic (exact) mass is 484 g/mol. The number of hydrogen-bond acceptors (Lipinski definition) is 8. The van der Waals surface area contributed by atoms with E-state index >= 15 is 4.39 Å². The first kappa shape index (κ1) is 22.1. The van der Waals surface area contributed by atoms with Crippen LogP contribution in [0.5, 0.6) is 11.5 Å². The first-order valence-corrected chi connectivity index (χ1v) is 12.0. The number of nitrogens with zero attached hydrogens (tertiary/aromatic N) is 7. The lowest BCUT2D eigenvalue weighted by Crippen LogP contribution is -2.30. The predicted molar refractivity (Wildman–Crippen MR) is 136 cm³/mol. The van der Waals surface area contributed by atoms with Gasteiger partial charge in [-0.25, -0.2) is 24.0 Å². The van der Waals surface area contributed by atoms with Crippen LogP contribution < -0.4 is 15.0 Å². The van der Waals surface area contributed by atoms with Crippen molar-refractivity contribution in [1.29, 1.82) is 0 Å². The third-order valence-electron chi connectivity index (χ3n) is 6.55. The zero-order valence-electron chi connectivity index (χ0n) is 20.1. The smallest absolute Gasteiger partial charge is 0.160 e. The van der Waals surface area contributed by atoms with Gasteiger partial charge in [0.25, 0.3) is 0 Å². The molecule has 4 heterocycles. The zero-order valence-corrected chi connectivity index (χ0v) is 20.1. The minimum atomic E-state index is -0.424. The van der Waals surface area contributed by atoms with Crippen molar-refractivity contribution < 1.29 is 9.13 Å². The molecule has 1 N–H and O–H groups in total. The largest absolute Gasteiger partial charge is 0.457 e. The summed E-state index contributed by atoms with van der Waals surface area (Å²) in [5, 5.41) is 11.2. The Kier molecular flexibility index (Phi) is 5.55. The van der Waals surface area contributed by atoms with Crippen LogP contribution in [0.1, 0.15) is 24.8 Å². The molecule has 1 saturated heterocycles. The van der Waals surface area contributed by atoms with Crippen molar-refractivity contribution in [1.82, 2.24) is 29.9 Å². The molecule has 182 valence electrons. The Morgan fingerprint density at radius 2 is 1.83 bits per heavy atom. The molecule has 2 aromatic carbocycles. The van der Waals surface area contributed by atoms with Gasteiger partial charge in [-0.1, -0.05) is 5.21 Å². The van der Waals surface area contributed by atoms with Crippen molar-refractivity contribution in [2.75, 3.05) is 23.3 Å². The molecule has 3 aromatic heterocycles. The first-order valence-electron chi connectivity index (χ1n) is 12.0. The van der Waals surface area contributed by atoms with E-state index in [1.54, 1.807) is 29.8 Å². The standard InChI is InChI=1S/C26H25FN8O/c1-16-22(36-17-6-9-21-20(14-17)32-33-34(21)2)10-7-18(24(16)27)30-26-25-19(28-15-29-26)8-11-23(31-25)35-12-4-3-5-13-35/h6-11,14-15H,3-5,12-13H2,1-2H3,(H,28,29,30). The van der Waals surface area contributed by atoms with E-state index < -0.39 is 5.82 Å². The fourth-order valence-corrected chi connectivity index (χ4v) is 4.53. The van der Waals surface area contributed by atoms with Crippen LogP contribution in [0.3, 0.4) is 0 Å². The molecule has 1 aliphatic heterocycles. The summed E-state index contributed by atoms with van der Waals surface area (Å²) in [6, 6.07) is 12.8. The van der Waals surface area contributed by atoms with Crippen LogP contribution in [0.15, 0.2) is 48.8 Å². The summed E-state index contributed by atoms with van der Waals surface area (Å²) in [7, 11) is 1.83. The Bertz CT molecular complexity index is 1580. The molecule has 0 spiro atoms. The third kappa shape index (κ3) is 4.04. The fraction of sp³-hybridized carbons (Fsp3) is 0.269. The van der Waals surface area contributed by atoms with Gasteiger partial charge in [-0.3, -0.25) is 0 Å². The molecule has 36 heavy (non-hydrogen) atoms. The second-order valence-electron chi connectivity index (χ2n) is 8.95. The van der Waals surface area contributed by atoms with E-state index in [-0.39, 0.29) is 5.69 Å². The SMILES string of the molecule is Cc1c(Oc2ccc3c(c2)nnn3C)ccc(Nc2ncnc3ccc(N4CCCCC4)nc23)c1F. The number of nitrogens with one attached hydrogen (secondary N) is 1. The van der Waals surface area contributed by atoms with Crippen molar-refractivity contribution >= 4 is 39.4 Å². The molecule has 0 atom stereocenters. The van der Waals surface area contributed by atoms with Gasteiger partial charge in [-0.2, -0.15) is 0 Å². The molecule has 6 rings (SSSR count). The molecule has 0 aliphatic carbocycles. The average molecular weight is 485 g/mol. The molecule has 0 bridgehead atoms. The Balaban J connectivity index is 1.28. The minimum absolute atomic E-state index is 0.286. The van der Waals surface area contributed by atoms with Gasteiger partial charge in [0, 0.05) is 31.8 Å². The highest BCUT2D eigenvalue weighted by molar-refractivity contribution is 5.88. The predicted octanol–water partition coefficient (Wildman–Crippen LogP) is 5.28. The highest BCUT2D eigenvalue weighted by atomic mass is 19.1. The quantitative estimate of drug-likeness (QED) is 0.360. The van der Waals surface area contributed by atoms with E-state index in [1.165, 1.54) is 12.7 Å².